The van der Waals surface area contributed by atoms with Gasteiger partial charge in [0.1, 0.15) is 6.79 Å². The summed E-state index contributed by atoms with van der Waals surface area (Å²) in [4.78, 5) is 8.00. The van der Waals surface area contributed by atoms with E-state index in [0.29, 0.717) is 0 Å². The number of carbonyl (C=O) groups is 1. The Hall–Kier alpha value is 1.41. The summed E-state index contributed by atoms with van der Waals surface area (Å²) in [6, 6.07) is 0. The molecule has 14 heavy (non-hydrogen) atoms. The summed E-state index contributed by atoms with van der Waals surface area (Å²) >= 11 is 35.3. The van der Waals surface area contributed by atoms with Gasteiger partial charge in [-0.2, -0.15) is 0 Å². The van der Waals surface area contributed by atoms with Crippen LogP contribution in [0.2, 0.25) is 0 Å². The summed E-state index contributed by atoms with van der Waals surface area (Å²) < 4.78 is 0. The molecule has 1 nitrogen and oxygen atoms in total. The maximum atomic E-state index is 8.00. The molecule has 0 amide bonds. The van der Waals surface area contributed by atoms with Gasteiger partial charge in [0, 0.05) is 0 Å². The predicted octanol–water partition coefficient (Wildman–Crippen LogP) is 3.46. The van der Waals surface area contributed by atoms with E-state index in [4.69, 9.17) is 74.4 Å². The lowest BCUT2D eigenvalue weighted by Gasteiger charge is -2.37. The molecule has 0 aromatic carbocycles. The molecule has 1 fully saturated rings. The van der Waals surface area contributed by atoms with Crippen molar-refractivity contribution < 1.29 is 4.79 Å². The molecule has 0 spiro atoms. The molecule has 0 aromatic heterocycles. The molecule has 0 atom stereocenters. The third kappa shape index (κ3) is 3.20. The van der Waals surface area contributed by atoms with Crippen LogP contribution in [0.4, 0.5) is 0 Å². The lowest BCUT2D eigenvalue weighted by atomic mass is 9.97. The van der Waals surface area contributed by atoms with Crippen molar-refractivity contribution >= 4 is 76.4 Å². The summed E-state index contributed by atoms with van der Waals surface area (Å²) in [7, 11) is 0. The van der Waals surface area contributed by atoms with E-state index in [1.165, 1.54) is 0 Å². The third-order valence-electron chi connectivity index (χ3n) is 1.83. The van der Waals surface area contributed by atoms with Crippen LogP contribution in [0.3, 0.4) is 0 Å². The zero-order valence-electron chi connectivity index (χ0n) is 6.85. The van der Waals surface area contributed by atoms with Gasteiger partial charge in [-0.3, -0.25) is 0 Å². The summed E-state index contributed by atoms with van der Waals surface area (Å²) in [6.45, 7) is 2.00. The molecule has 0 unspecified atom stereocenters. The van der Waals surface area contributed by atoms with E-state index in [1.807, 2.05) is 6.79 Å². The monoisotopic (exact) mass is 318 g/mol. The average Bonchev–Trinajstić information content (AvgIpc) is 2.24. The number of halogens is 6. The van der Waals surface area contributed by atoms with Crippen LogP contribution in [0.5, 0.6) is 0 Å². The van der Waals surface area contributed by atoms with Crippen molar-refractivity contribution in [1.29, 1.82) is 0 Å². The van der Waals surface area contributed by atoms with Crippen molar-refractivity contribution in [2.45, 2.75) is 32.3 Å². The topological polar surface area (TPSA) is 17.1 Å². The van der Waals surface area contributed by atoms with Gasteiger partial charge in [-0.25, -0.2) is 0 Å². The van der Waals surface area contributed by atoms with Crippen LogP contribution in [0.15, 0.2) is 0 Å². The first-order chi connectivity index (χ1) is 6.46. The maximum Gasteiger partial charge on any atom is 0.106 e. The molecule has 0 aliphatic heterocycles. The van der Waals surface area contributed by atoms with Crippen molar-refractivity contribution in [3.8, 4) is 0 Å². The van der Waals surface area contributed by atoms with Gasteiger partial charge in [-0.1, -0.05) is 0 Å². The van der Waals surface area contributed by atoms with E-state index in [2.05, 4.69) is 0 Å². The first-order valence-corrected chi connectivity index (χ1v) is 6.22. The molecule has 1 saturated carbocycles. The Morgan fingerprint density at radius 1 is 0.500 bits per heavy atom. The van der Waals surface area contributed by atoms with Crippen molar-refractivity contribution in [1.82, 2.24) is 0 Å². The molecular weight excluding hydrogens is 313 g/mol. The molecule has 0 radical (unpaired) electrons. The van der Waals surface area contributed by atoms with Crippen molar-refractivity contribution in [2.75, 3.05) is 0 Å². The lowest BCUT2D eigenvalue weighted by molar-refractivity contribution is -0.0979. The molecule has 1 aliphatic carbocycles. The van der Waals surface area contributed by atoms with Gasteiger partial charge < -0.3 is 4.79 Å². The fraction of sp³-hybridized carbons (Fsp3) is 0.857. The van der Waals surface area contributed by atoms with Crippen molar-refractivity contribution in [2.24, 2.45) is 0 Å². The Labute approximate surface area is 113 Å². The van der Waals surface area contributed by atoms with Gasteiger partial charge in [0.05, 0.1) is 32.3 Å². The van der Waals surface area contributed by atoms with E-state index in [9.17, 15) is 0 Å². The SMILES string of the molecule is C=O.ClC1C(Cl)C(Cl)C(Cl)C(Cl)C1Cl. The van der Waals surface area contributed by atoms with Crippen LogP contribution in [-0.4, -0.2) is 39.1 Å². The summed E-state index contributed by atoms with van der Waals surface area (Å²) in [5, 5.41) is -2.62. The number of rotatable bonds is 0. The minimum Gasteiger partial charge on any atom is -0.307 e. The third-order valence-corrected chi connectivity index (χ3v) is 5.86. The number of hydrogen-bond donors (Lipinski definition) is 0. The zero-order chi connectivity index (χ0) is 11.5. The maximum absolute atomic E-state index is 8.00. The summed E-state index contributed by atoms with van der Waals surface area (Å²) in [5.41, 5.74) is 0. The first-order valence-electron chi connectivity index (χ1n) is 3.60. The van der Waals surface area contributed by atoms with E-state index < -0.39 is 32.3 Å². The van der Waals surface area contributed by atoms with Gasteiger partial charge in [-0.05, 0) is 0 Å². The Bertz CT molecular complexity index is 121. The molecule has 0 aromatic rings. The van der Waals surface area contributed by atoms with Gasteiger partial charge in [0.25, 0.3) is 0 Å². The number of alkyl halides is 6. The Kier molecular flexibility index (Phi) is 7.57. The van der Waals surface area contributed by atoms with E-state index in [-0.39, 0.29) is 0 Å². The quantitative estimate of drug-likeness (QED) is 0.625. The van der Waals surface area contributed by atoms with Crippen molar-refractivity contribution in [3.05, 3.63) is 0 Å². The average molecular weight is 321 g/mol. The van der Waals surface area contributed by atoms with E-state index >= 15 is 0 Å². The van der Waals surface area contributed by atoms with Gasteiger partial charge >= 0.3 is 0 Å². The van der Waals surface area contributed by atoms with Crippen LogP contribution >= 0.6 is 69.6 Å². The van der Waals surface area contributed by atoms with Gasteiger partial charge in [0.2, 0.25) is 0 Å². The van der Waals surface area contributed by atoms with Gasteiger partial charge in [-0.15, -0.1) is 69.6 Å². The first kappa shape index (κ1) is 15.4. The van der Waals surface area contributed by atoms with Crippen molar-refractivity contribution in [3.63, 3.8) is 0 Å². The normalized spacial score (nSPS) is 47.9. The van der Waals surface area contributed by atoms with Crippen LogP contribution in [0.25, 0.3) is 0 Å². The summed E-state index contributed by atoms with van der Waals surface area (Å²) in [6.07, 6.45) is 0. The van der Waals surface area contributed by atoms with Crippen LogP contribution in [0.1, 0.15) is 0 Å². The predicted molar refractivity (Wildman–Crippen MR) is 65.0 cm³/mol. The molecule has 0 saturated heterocycles. The fourth-order valence-corrected chi connectivity index (χ4v) is 3.38. The molecule has 0 heterocycles. The molecule has 84 valence electrons. The second-order valence-electron chi connectivity index (χ2n) is 2.67. The number of hydrogen-bond acceptors (Lipinski definition) is 1. The zero-order valence-corrected chi connectivity index (χ0v) is 11.4. The highest BCUT2D eigenvalue weighted by Gasteiger charge is 2.46. The fourth-order valence-electron chi connectivity index (χ4n) is 1.05. The largest absolute Gasteiger partial charge is 0.307 e. The molecule has 1 rings (SSSR count). The molecule has 7 heteroatoms. The number of carbonyl (C=O) groups excluding carboxylic acids is 1. The molecular formula is C7H8Cl6O. The molecule has 1 aliphatic rings. The smallest absolute Gasteiger partial charge is 0.106 e. The van der Waals surface area contributed by atoms with E-state index in [1.54, 1.807) is 0 Å². The lowest BCUT2D eigenvalue weighted by Crippen LogP contribution is -2.52. The summed E-state index contributed by atoms with van der Waals surface area (Å²) in [5.74, 6) is 0. The molecule has 0 bridgehead atoms. The highest BCUT2D eigenvalue weighted by atomic mass is 35.5. The van der Waals surface area contributed by atoms with Crippen LogP contribution in [0, 0.1) is 0 Å². The Balaban J connectivity index is 0.000000791. The Morgan fingerprint density at radius 2 is 0.571 bits per heavy atom. The minimum atomic E-state index is -0.437. The second-order valence-corrected chi connectivity index (χ2v) is 5.69. The molecule has 0 N–H and O–H groups in total. The minimum absolute atomic E-state index is 0.437. The highest BCUT2D eigenvalue weighted by Crippen LogP contribution is 2.39. The van der Waals surface area contributed by atoms with Crippen LogP contribution in [-0.2, 0) is 4.79 Å². The van der Waals surface area contributed by atoms with Gasteiger partial charge in [0.15, 0.2) is 0 Å². The van der Waals surface area contributed by atoms with Crippen LogP contribution < -0.4 is 0 Å². The van der Waals surface area contributed by atoms with E-state index in [0.717, 1.165) is 0 Å². The Morgan fingerprint density at radius 3 is 0.643 bits per heavy atom. The highest BCUT2D eigenvalue weighted by molar-refractivity contribution is 6.45. The standard InChI is InChI=1S/C6H6Cl6.CH2O/c7-1-2(8)4(10)6(12)5(11)3(1)9;1-2/h1-6H;1H2. The second kappa shape index (κ2) is 6.88.